The highest BCUT2D eigenvalue weighted by molar-refractivity contribution is 5.48. The molecule has 5 heteroatoms. The van der Waals surface area contributed by atoms with E-state index in [2.05, 4.69) is 24.1 Å². The number of nitrogens with one attached hydrogen (secondary N) is 1. The molecule has 0 aromatic heterocycles. The predicted molar refractivity (Wildman–Crippen MR) is 75.0 cm³/mol. The van der Waals surface area contributed by atoms with E-state index in [4.69, 9.17) is 0 Å². The van der Waals surface area contributed by atoms with Crippen molar-refractivity contribution in [2.24, 2.45) is 0 Å². The maximum Gasteiger partial charge on any atom is 0.416 e. The Labute approximate surface area is 118 Å². The van der Waals surface area contributed by atoms with Gasteiger partial charge in [-0.1, -0.05) is 6.92 Å². The van der Waals surface area contributed by atoms with E-state index in [0.717, 1.165) is 50.3 Å². The molecule has 1 unspecified atom stereocenters. The molecular weight excluding hydrogens is 265 g/mol. The maximum absolute atomic E-state index is 12.6. The van der Waals surface area contributed by atoms with Gasteiger partial charge in [-0.15, -0.1) is 0 Å². The zero-order valence-electron chi connectivity index (χ0n) is 11.9. The van der Waals surface area contributed by atoms with Crippen molar-refractivity contribution in [2.45, 2.75) is 38.4 Å². The van der Waals surface area contributed by atoms with Gasteiger partial charge < -0.3 is 10.2 Å². The molecule has 1 N–H and O–H groups in total. The van der Waals surface area contributed by atoms with Gasteiger partial charge >= 0.3 is 6.18 Å². The third kappa shape index (κ3) is 3.45. The molecule has 0 spiro atoms. The highest BCUT2D eigenvalue weighted by Gasteiger charge is 2.31. The van der Waals surface area contributed by atoms with Crippen molar-refractivity contribution in [3.63, 3.8) is 0 Å². The SMILES string of the molecule is CCC1(C)CN(c2ccc(C(F)(F)F)cc2)CCCN1. The van der Waals surface area contributed by atoms with Crippen LogP contribution < -0.4 is 10.2 Å². The Morgan fingerprint density at radius 1 is 1.25 bits per heavy atom. The molecular formula is C15H21F3N2. The van der Waals surface area contributed by atoms with Gasteiger partial charge in [-0.3, -0.25) is 0 Å². The summed E-state index contributed by atoms with van der Waals surface area (Å²) in [6.45, 7) is 6.92. The quantitative estimate of drug-likeness (QED) is 0.892. The molecule has 1 saturated heterocycles. The van der Waals surface area contributed by atoms with Crippen LogP contribution in [-0.4, -0.2) is 25.2 Å². The minimum atomic E-state index is -4.27. The number of hydrogen-bond acceptors (Lipinski definition) is 2. The van der Waals surface area contributed by atoms with Crippen LogP contribution in [0.15, 0.2) is 24.3 Å². The van der Waals surface area contributed by atoms with Crippen LogP contribution in [0.1, 0.15) is 32.3 Å². The lowest BCUT2D eigenvalue weighted by Gasteiger charge is -2.34. The van der Waals surface area contributed by atoms with Crippen LogP contribution in [-0.2, 0) is 6.18 Å². The molecule has 2 rings (SSSR count). The summed E-state index contributed by atoms with van der Waals surface area (Å²) in [5, 5.41) is 3.52. The van der Waals surface area contributed by atoms with E-state index in [1.54, 1.807) is 12.1 Å². The zero-order chi connectivity index (χ0) is 14.8. The number of alkyl halides is 3. The third-order valence-electron chi connectivity index (χ3n) is 4.04. The predicted octanol–water partition coefficient (Wildman–Crippen LogP) is 3.67. The van der Waals surface area contributed by atoms with Crippen molar-refractivity contribution in [3.05, 3.63) is 29.8 Å². The van der Waals surface area contributed by atoms with Crippen LogP contribution in [0.2, 0.25) is 0 Å². The highest BCUT2D eigenvalue weighted by atomic mass is 19.4. The fraction of sp³-hybridized carbons (Fsp3) is 0.600. The fourth-order valence-corrected chi connectivity index (χ4v) is 2.53. The number of hydrogen-bond donors (Lipinski definition) is 1. The van der Waals surface area contributed by atoms with E-state index in [0.29, 0.717) is 0 Å². The van der Waals surface area contributed by atoms with Gasteiger partial charge in [0.2, 0.25) is 0 Å². The first-order chi connectivity index (χ1) is 9.34. The molecule has 1 fully saturated rings. The largest absolute Gasteiger partial charge is 0.416 e. The molecule has 0 amide bonds. The number of nitrogens with zero attached hydrogens (tertiary/aromatic N) is 1. The van der Waals surface area contributed by atoms with Crippen molar-refractivity contribution in [2.75, 3.05) is 24.5 Å². The van der Waals surface area contributed by atoms with Gasteiger partial charge in [0.25, 0.3) is 0 Å². The first kappa shape index (κ1) is 15.2. The number of anilines is 1. The summed E-state index contributed by atoms with van der Waals surface area (Å²) in [4.78, 5) is 2.17. The van der Waals surface area contributed by atoms with Crippen LogP contribution in [0.3, 0.4) is 0 Å². The average Bonchev–Trinajstić information content (AvgIpc) is 2.61. The topological polar surface area (TPSA) is 15.3 Å². The molecule has 2 nitrogen and oxygen atoms in total. The second kappa shape index (κ2) is 5.64. The van der Waals surface area contributed by atoms with E-state index >= 15 is 0 Å². The van der Waals surface area contributed by atoms with Gasteiger partial charge in [-0.2, -0.15) is 13.2 Å². The van der Waals surface area contributed by atoms with Gasteiger partial charge in [-0.25, -0.2) is 0 Å². The molecule has 20 heavy (non-hydrogen) atoms. The Hall–Kier alpha value is -1.23. The smallest absolute Gasteiger partial charge is 0.370 e. The molecule has 1 aromatic carbocycles. The first-order valence-corrected chi connectivity index (χ1v) is 7.01. The molecule has 112 valence electrons. The lowest BCUT2D eigenvalue weighted by molar-refractivity contribution is -0.137. The van der Waals surface area contributed by atoms with Gasteiger partial charge in [0, 0.05) is 24.3 Å². The van der Waals surface area contributed by atoms with Crippen LogP contribution in [0.5, 0.6) is 0 Å². The first-order valence-electron chi connectivity index (χ1n) is 7.01. The third-order valence-corrected chi connectivity index (χ3v) is 4.04. The summed E-state index contributed by atoms with van der Waals surface area (Å²) < 4.78 is 37.7. The molecule has 0 aliphatic carbocycles. The monoisotopic (exact) mass is 286 g/mol. The van der Waals surface area contributed by atoms with Crippen LogP contribution in [0.4, 0.5) is 18.9 Å². The van der Waals surface area contributed by atoms with Crippen LogP contribution in [0, 0.1) is 0 Å². The molecule has 0 saturated carbocycles. The molecule has 1 aliphatic heterocycles. The number of halogens is 3. The second-order valence-electron chi connectivity index (χ2n) is 5.66. The van der Waals surface area contributed by atoms with Crippen molar-refractivity contribution < 1.29 is 13.2 Å². The standard InChI is InChI=1S/C15H21F3N2/c1-3-14(2)11-20(10-4-9-19-14)13-7-5-12(6-8-13)15(16,17)18/h5-8,19H,3-4,9-11H2,1-2H3. The fourth-order valence-electron chi connectivity index (χ4n) is 2.53. The molecule has 1 aromatic rings. The lowest BCUT2D eigenvalue weighted by Crippen LogP contribution is -2.48. The molecule has 1 atom stereocenters. The Kier molecular flexibility index (Phi) is 4.28. The van der Waals surface area contributed by atoms with Gasteiger partial charge in [0.1, 0.15) is 0 Å². The number of benzene rings is 1. The lowest BCUT2D eigenvalue weighted by atomic mass is 9.98. The highest BCUT2D eigenvalue weighted by Crippen LogP contribution is 2.31. The zero-order valence-corrected chi connectivity index (χ0v) is 11.9. The summed E-state index contributed by atoms with van der Waals surface area (Å²) in [7, 11) is 0. The Bertz CT molecular complexity index is 441. The van der Waals surface area contributed by atoms with E-state index < -0.39 is 11.7 Å². The molecule has 0 bridgehead atoms. The van der Waals surface area contributed by atoms with Crippen molar-refractivity contribution >= 4 is 5.69 Å². The van der Waals surface area contributed by atoms with Crippen LogP contribution >= 0.6 is 0 Å². The van der Waals surface area contributed by atoms with Crippen LogP contribution in [0.25, 0.3) is 0 Å². The maximum atomic E-state index is 12.6. The Balaban J connectivity index is 2.18. The second-order valence-corrected chi connectivity index (χ2v) is 5.66. The van der Waals surface area contributed by atoms with Gasteiger partial charge in [0.15, 0.2) is 0 Å². The van der Waals surface area contributed by atoms with Crippen molar-refractivity contribution in [1.29, 1.82) is 0 Å². The summed E-state index contributed by atoms with van der Waals surface area (Å²) in [5.74, 6) is 0. The molecule has 1 aliphatic rings. The van der Waals surface area contributed by atoms with Crippen molar-refractivity contribution in [1.82, 2.24) is 5.32 Å². The Morgan fingerprint density at radius 2 is 1.90 bits per heavy atom. The van der Waals surface area contributed by atoms with Gasteiger partial charge in [-0.05, 0) is 50.6 Å². The molecule has 0 radical (unpaired) electrons. The Morgan fingerprint density at radius 3 is 2.45 bits per heavy atom. The minimum absolute atomic E-state index is 0.0131. The summed E-state index contributed by atoms with van der Waals surface area (Å²) in [5.41, 5.74) is 0.285. The average molecular weight is 286 g/mol. The van der Waals surface area contributed by atoms with E-state index in [1.165, 1.54) is 0 Å². The summed E-state index contributed by atoms with van der Waals surface area (Å²) in [6, 6.07) is 5.47. The minimum Gasteiger partial charge on any atom is -0.370 e. The summed E-state index contributed by atoms with van der Waals surface area (Å²) in [6.07, 6.45) is -2.28. The normalized spacial score (nSPS) is 24.6. The van der Waals surface area contributed by atoms with E-state index in [1.807, 2.05) is 0 Å². The van der Waals surface area contributed by atoms with E-state index in [-0.39, 0.29) is 5.54 Å². The van der Waals surface area contributed by atoms with Gasteiger partial charge in [0.05, 0.1) is 5.56 Å². The van der Waals surface area contributed by atoms with E-state index in [9.17, 15) is 13.2 Å². The summed E-state index contributed by atoms with van der Waals surface area (Å²) >= 11 is 0. The van der Waals surface area contributed by atoms with Crippen molar-refractivity contribution in [3.8, 4) is 0 Å². The number of rotatable bonds is 2. The molecule has 1 heterocycles.